The summed E-state index contributed by atoms with van der Waals surface area (Å²) in [6.45, 7) is 15.8. The smallest absolute Gasteiger partial charge is 0.229 e. The molecule has 12 heteroatoms. The minimum Gasteiger partial charge on any atom is -0.489 e. The molecule has 226 valence electrons. The van der Waals surface area contributed by atoms with Gasteiger partial charge in [0.15, 0.2) is 20.7 Å². The molecule has 1 aliphatic rings. The van der Waals surface area contributed by atoms with Crippen molar-refractivity contribution < 1.29 is 13.2 Å². The van der Waals surface area contributed by atoms with E-state index in [1.54, 1.807) is 7.05 Å². The van der Waals surface area contributed by atoms with Gasteiger partial charge in [-0.3, -0.25) is 5.41 Å². The van der Waals surface area contributed by atoms with Gasteiger partial charge in [-0.15, -0.1) is 0 Å². The van der Waals surface area contributed by atoms with Crippen molar-refractivity contribution in [1.82, 2.24) is 20.2 Å². The van der Waals surface area contributed by atoms with Crippen LogP contribution >= 0.6 is 11.6 Å². The second-order valence-electron chi connectivity index (χ2n) is 11.2. The molecule has 0 amide bonds. The molecule has 1 atom stereocenters. The molecular formula is C29H44ClN7O3S. The van der Waals surface area contributed by atoms with Gasteiger partial charge in [0.2, 0.25) is 5.95 Å². The lowest BCUT2D eigenvalue weighted by Gasteiger charge is -2.36. The summed E-state index contributed by atoms with van der Waals surface area (Å²) in [6, 6.07) is 4.70. The van der Waals surface area contributed by atoms with Crippen molar-refractivity contribution in [1.29, 1.82) is 5.41 Å². The van der Waals surface area contributed by atoms with Gasteiger partial charge in [-0.05, 0) is 97.0 Å². The number of halogens is 1. The number of aryl methyl sites for hydroxylation is 1. The van der Waals surface area contributed by atoms with Crippen LogP contribution in [0.5, 0.6) is 5.75 Å². The number of hydrogen-bond donors (Lipinski definition) is 4. The van der Waals surface area contributed by atoms with Crippen molar-refractivity contribution >= 4 is 43.9 Å². The number of benzene rings is 1. The van der Waals surface area contributed by atoms with Gasteiger partial charge < -0.3 is 25.6 Å². The fourth-order valence-corrected chi connectivity index (χ4v) is 5.80. The number of rotatable bonds is 11. The molecule has 0 aliphatic carbocycles. The first-order chi connectivity index (χ1) is 19.2. The summed E-state index contributed by atoms with van der Waals surface area (Å²) < 4.78 is 31.5. The predicted molar refractivity (Wildman–Crippen MR) is 168 cm³/mol. The molecule has 1 saturated heterocycles. The average molecular weight is 606 g/mol. The monoisotopic (exact) mass is 605 g/mol. The first-order valence-electron chi connectivity index (χ1n) is 14.1. The molecule has 0 bridgehead atoms. The van der Waals surface area contributed by atoms with Crippen LogP contribution in [-0.4, -0.2) is 65.9 Å². The van der Waals surface area contributed by atoms with Crippen molar-refractivity contribution in [2.75, 3.05) is 30.8 Å². The van der Waals surface area contributed by atoms with Gasteiger partial charge in [-0.1, -0.05) is 11.6 Å². The van der Waals surface area contributed by atoms with Gasteiger partial charge in [0, 0.05) is 25.8 Å². The quantitative estimate of drug-likeness (QED) is 0.184. The number of nitrogens with one attached hydrogen (secondary N) is 4. The molecule has 1 aromatic heterocycles. The zero-order valence-corrected chi connectivity index (χ0v) is 26.9. The van der Waals surface area contributed by atoms with Gasteiger partial charge >= 0.3 is 0 Å². The summed E-state index contributed by atoms with van der Waals surface area (Å²) in [7, 11) is -2.23. The topological polar surface area (TPSA) is 132 Å². The van der Waals surface area contributed by atoms with E-state index in [-0.39, 0.29) is 28.6 Å². The minimum absolute atomic E-state index is 0.0136. The summed E-state index contributed by atoms with van der Waals surface area (Å²) >= 11 is 6.38. The van der Waals surface area contributed by atoms with Crippen LogP contribution in [0.4, 0.5) is 17.5 Å². The Morgan fingerprint density at radius 3 is 2.54 bits per heavy atom. The van der Waals surface area contributed by atoms with Crippen molar-refractivity contribution in [3.05, 3.63) is 46.4 Å². The lowest BCUT2D eigenvalue weighted by molar-refractivity contribution is 0.167. The Kier molecular flexibility index (Phi) is 11.0. The number of piperidine rings is 1. The molecule has 3 rings (SSSR count). The van der Waals surface area contributed by atoms with E-state index in [0.717, 1.165) is 31.5 Å². The van der Waals surface area contributed by atoms with Crippen molar-refractivity contribution in [2.24, 2.45) is 0 Å². The number of aromatic nitrogens is 2. The van der Waals surface area contributed by atoms with Crippen LogP contribution < -0.4 is 20.7 Å². The maximum absolute atomic E-state index is 12.7. The molecular weight excluding hydrogens is 562 g/mol. The Balaban J connectivity index is 1.94. The Hall–Kier alpha value is -2.89. The third kappa shape index (κ3) is 8.11. The average Bonchev–Trinajstić information content (AvgIpc) is 2.90. The van der Waals surface area contributed by atoms with E-state index in [0.29, 0.717) is 23.4 Å². The predicted octanol–water partition coefficient (Wildman–Crippen LogP) is 5.83. The highest BCUT2D eigenvalue weighted by atomic mass is 35.5. The standard InChI is InChI=1S/C29H44ClN7O3S/c1-17(2)37-11-9-10-21(16-37)22-13-26(40-18(3)4)24(12-20(22)7)35-29-33-14-23(30)28(36-29)34-25(15-32-8)27(31)41(38,39)19(5)6/h12-15,17-19,21,31-32H,9-11,16H2,1-8H3,(H2,33,34,35,36)/b25-15+,31-27?. The Labute approximate surface area is 249 Å². The number of likely N-dealkylation sites (tertiary alicyclic amines) is 1. The minimum atomic E-state index is -3.84. The molecule has 2 aromatic rings. The van der Waals surface area contributed by atoms with Gasteiger partial charge in [0.25, 0.3) is 0 Å². The fourth-order valence-electron chi connectivity index (χ4n) is 4.78. The largest absolute Gasteiger partial charge is 0.489 e. The molecule has 41 heavy (non-hydrogen) atoms. The molecule has 1 unspecified atom stereocenters. The van der Waals surface area contributed by atoms with Crippen molar-refractivity contribution in [3.63, 3.8) is 0 Å². The van der Waals surface area contributed by atoms with Crippen LogP contribution in [0.3, 0.4) is 0 Å². The summed E-state index contributed by atoms with van der Waals surface area (Å²) in [5.41, 5.74) is 3.16. The van der Waals surface area contributed by atoms with E-state index in [1.165, 1.54) is 31.8 Å². The molecule has 1 fully saturated rings. The zero-order valence-electron chi connectivity index (χ0n) is 25.3. The van der Waals surface area contributed by atoms with Gasteiger partial charge in [0.1, 0.15) is 10.8 Å². The van der Waals surface area contributed by atoms with Crippen LogP contribution in [-0.2, 0) is 9.84 Å². The second kappa shape index (κ2) is 13.8. The van der Waals surface area contributed by atoms with E-state index in [1.807, 2.05) is 13.8 Å². The third-order valence-corrected chi connectivity index (χ3v) is 9.34. The molecule has 10 nitrogen and oxygen atoms in total. The summed E-state index contributed by atoms with van der Waals surface area (Å²) in [5, 5.41) is 16.1. The Bertz CT molecular complexity index is 1380. The summed E-state index contributed by atoms with van der Waals surface area (Å²) in [5.74, 6) is 1.52. The number of hydrogen-bond acceptors (Lipinski definition) is 10. The van der Waals surface area contributed by atoms with E-state index in [2.05, 4.69) is 63.7 Å². The van der Waals surface area contributed by atoms with Crippen LogP contribution in [0, 0.1) is 12.3 Å². The third-order valence-electron chi connectivity index (χ3n) is 7.04. The SMILES string of the molecule is CN/C=C(/Nc1nc(Nc2cc(C)c(C3CCCN(C(C)C)C3)cc2OC(C)C)ncc1Cl)C(=N)S(=O)(=O)C(C)C. The van der Waals surface area contributed by atoms with E-state index < -0.39 is 20.1 Å². The Morgan fingerprint density at radius 1 is 1.22 bits per heavy atom. The van der Waals surface area contributed by atoms with Crippen molar-refractivity contribution in [2.45, 2.75) is 84.6 Å². The summed E-state index contributed by atoms with van der Waals surface area (Å²) in [4.78, 5) is 11.4. The van der Waals surface area contributed by atoms with E-state index >= 15 is 0 Å². The maximum Gasteiger partial charge on any atom is 0.229 e. The maximum atomic E-state index is 12.7. The van der Waals surface area contributed by atoms with Gasteiger partial charge in [-0.2, -0.15) is 4.98 Å². The van der Waals surface area contributed by atoms with E-state index in [4.69, 9.17) is 21.7 Å². The van der Waals surface area contributed by atoms with E-state index in [9.17, 15) is 8.42 Å². The summed E-state index contributed by atoms with van der Waals surface area (Å²) in [6.07, 6.45) is 5.06. The molecule has 4 N–H and O–H groups in total. The van der Waals surface area contributed by atoms with Gasteiger partial charge in [-0.25, -0.2) is 13.4 Å². The Morgan fingerprint density at radius 2 is 1.93 bits per heavy atom. The lowest BCUT2D eigenvalue weighted by Crippen LogP contribution is -2.39. The highest BCUT2D eigenvalue weighted by Crippen LogP contribution is 2.38. The highest BCUT2D eigenvalue weighted by Gasteiger charge is 2.28. The number of nitrogens with zero attached hydrogens (tertiary/aromatic N) is 3. The molecule has 1 aliphatic heterocycles. The molecule has 0 saturated carbocycles. The number of anilines is 3. The van der Waals surface area contributed by atoms with Crippen molar-refractivity contribution in [3.8, 4) is 5.75 Å². The molecule has 2 heterocycles. The molecule has 0 spiro atoms. The van der Waals surface area contributed by atoms with Crippen LogP contribution in [0.15, 0.2) is 30.2 Å². The number of ether oxygens (including phenoxy) is 1. The second-order valence-corrected chi connectivity index (χ2v) is 14.1. The zero-order chi connectivity index (χ0) is 30.5. The molecule has 1 aromatic carbocycles. The number of sulfone groups is 1. The van der Waals surface area contributed by atoms with Crippen LogP contribution in [0.1, 0.15) is 71.4 Å². The first-order valence-corrected chi connectivity index (χ1v) is 16.0. The van der Waals surface area contributed by atoms with Crippen LogP contribution in [0.2, 0.25) is 5.02 Å². The lowest BCUT2D eigenvalue weighted by atomic mass is 9.87. The van der Waals surface area contributed by atoms with Gasteiger partial charge in [0.05, 0.1) is 28.9 Å². The normalized spacial score (nSPS) is 16.8. The fraction of sp³-hybridized carbons (Fsp3) is 0.552. The van der Waals surface area contributed by atoms with Crippen LogP contribution in [0.25, 0.3) is 0 Å². The molecule has 0 radical (unpaired) electrons. The highest BCUT2D eigenvalue weighted by molar-refractivity contribution is 8.07. The first kappa shape index (κ1) is 32.6.